The largest absolute Gasteiger partial charge is 0.488 e. The number of carbonyl (C=O) groups excluding carboxylic acids is 2. The van der Waals surface area contributed by atoms with Gasteiger partial charge in [-0.1, -0.05) is 65.8 Å². The summed E-state index contributed by atoms with van der Waals surface area (Å²) in [4.78, 5) is 33.1. The number of anilines is 1. The minimum Gasteiger partial charge on any atom is -0.488 e. The van der Waals surface area contributed by atoms with E-state index in [0.29, 0.717) is 34.9 Å². The molecule has 3 heterocycles. The Morgan fingerprint density at radius 3 is 2.54 bits per heavy atom. The standard InChI is InChI=1S/C28H20N2O5/c31-26(23-15-8-16-33-23)24-25(30-35-28(24)20-12-5-6-13-21(20)29-27(28)32)19-11-4-7-14-22(19)34-17-18-9-2-1-3-10-18/h1-16,24H,17H2,(H,29,32)/t24-,28-/m1/s1. The fraction of sp³-hybridized carbons (Fsp3) is 0.107. The van der Waals surface area contributed by atoms with Gasteiger partial charge in [0, 0.05) is 16.8 Å². The van der Waals surface area contributed by atoms with Crippen molar-refractivity contribution in [2.75, 3.05) is 5.32 Å². The van der Waals surface area contributed by atoms with Crippen LogP contribution < -0.4 is 10.1 Å². The van der Waals surface area contributed by atoms with Crippen LogP contribution in [0.2, 0.25) is 0 Å². The lowest BCUT2D eigenvalue weighted by Gasteiger charge is -2.26. The second-order valence-corrected chi connectivity index (χ2v) is 8.35. The van der Waals surface area contributed by atoms with E-state index < -0.39 is 23.2 Å². The lowest BCUT2D eigenvalue weighted by molar-refractivity contribution is -0.140. The van der Waals surface area contributed by atoms with E-state index in [1.165, 1.54) is 6.26 Å². The predicted octanol–water partition coefficient (Wildman–Crippen LogP) is 4.94. The molecule has 172 valence electrons. The number of fused-ring (bicyclic) bond motifs is 2. The van der Waals surface area contributed by atoms with E-state index >= 15 is 0 Å². The van der Waals surface area contributed by atoms with Crippen LogP contribution in [0.3, 0.4) is 0 Å². The molecule has 3 aromatic carbocycles. The molecular weight excluding hydrogens is 444 g/mol. The van der Waals surface area contributed by atoms with Gasteiger partial charge in [-0.3, -0.25) is 9.59 Å². The molecule has 0 fully saturated rings. The van der Waals surface area contributed by atoms with Gasteiger partial charge in [0.05, 0.1) is 6.26 Å². The minimum absolute atomic E-state index is 0.118. The molecule has 1 spiro atoms. The van der Waals surface area contributed by atoms with Crippen molar-refractivity contribution in [1.82, 2.24) is 0 Å². The number of oxime groups is 1. The van der Waals surface area contributed by atoms with Crippen LogP contribution in [-0.4, -0.2) is 17.4 Å². The molecule has 2 aliphatic heterocycles. The molecule has 6 rings (SSSR count). The van der Waals surface area contributed by atoms with Crippen LogP contribution in [0.15, 0.2) is 107 Å². The van der Waals surface area contributed by atoms with Crippen LogP contribution in [0.1, 0.15) is 27.2 Å². The molecule has 4 aromatic rings. The molecule has 35 heavy (non-hydrogen) atoms. The summed E-state index contributed by atoms with van der Waals surface area (Å²) >= 11 is 0. The molecule has 2 atom stereocenters. The van der Waals surface area contributed by atoms with E-state index in [-0.39, 0.29) is 5.76 Å². The van der Waals surface area contributed by atoms with Crippen LogP contribution in [0.5, 0.6) is 5.75 Å². The highest BCUT2D eigenvalue weighted by Crippen LogP contribution is 2.50. The zero-order chi connectivity index (χ0) is 23.8. The number of hydrogen-bond donors (Lipinski definition) is 1. The second-order valence-electron chi connectivity index (χ2n) is 8.35. The monoisotopic (exact) mass is 464 g/mol. The highest BCUT2D eigenvalue weighted by Gasteiger charge is 2.64. The first-order valence-corrected chi connectivity index (χ1v) is 11.2. The average molecular weight is 464 g/mol. The number of rotatable bonds is 6. The third-order valence-corrected chi connectivity index (χ3v) is 6.31. The molecular formula is C28H20N2O5. The lowest BCUT2D eigenvalue weighted by Crippen LogP contribution is -2.46. The van der Waals surface area contributed by atoms with Gasteiger partial charge in [0.1, 0.15) is 24.0 Å². The number of nitrogens with zero attached hydrogens (tertiary/aromatic N) is 1. The highest BCUT2D eigenvalue weighted by molar-refractivity contribution is 6.24. The van der Waals surface area contributed by atoms with E-state index in [9.17, 15) is 9.59 Å². The molecule has 1 N–H and O–H groups in total. The molecule has 2 aliphatic rings. The Bertz CT molecular complexity index is 1450. The van der Waals surface area contributed by atoms with Gasteiger partial charge in [0.15, 0.2) is 5.76 Å². The second kappa shape index (κ2) is 8.29. The maximum absolute atomic E-state index is 13.8. The van der Waals surface area contributed by atoms with Gasteiger partial charge < -0.3 is 19.3 Å². The number of ketones is 1. The molecule has 0 saturated heterocycles. The number of amides is 1. The molecule has 0 unspecified atom stereocenters. The smallest absolute Gasteiger partial charge is 0.277 e. The normalized spacial score (nSPS) is 20.2. The highest BCUT2D eigenvalue weighted by atomic mass is 16.7. The zero-order valence-corrected chi connectivity index (χ0v) is 18.5. The fourth-order valence-corrected chi connectivity index (χ4v) is 4.66. The Hall–Kier alpha value is -4.65. The van der Waals surface area contributed by atoms with Crippen molar-refractivity contribution in [3.63, 3.8) is 0 Å². The zero-order valence-electron chi connectivity index (χ0n) is 18.5. The van der Waals surface area contributed by atoms with Crippen molar-refractivity contribution < 1.29 is 23.6 Å². The van der Waals surface area contributed by atoms with Crippen molar-refractivity contribution in [3.8, 4) is 5.75 Å². The fourth-order valence-electron chi connectivity index (χ4n) is 4.66. The van der Waals surface area contributed by atoms with Gasteiger partial charge in [-0.05, 0) is 35.9 Å². The molecule has 0 radical (unpaired) electrons. The molecule has 1 amide bonds. The Labute approximate surface area is 201 Å². The number of carbonyl (C=O) groups is 2. The number of ether oxygens (including phenoxy) is 1. The first-order chi connectivity index (χ1) is 17.2. The van der Waals surface area contributed by atoms with E-state index in [4.69, 9.17) is 14.0 Å². The number of hydrogen-bond acceptors (Lipinski definition) is 6. The topological polar surface area (TPSA) is 90.1 Å². The van der Waals surface area contributed by atoms with Crippen LogP contribution in [0.4, 0.5) is 5.69 Å². The van der Waals surface area contributed by atoms with Gasteiger partial charge in [0.2, 0.25) is 5.78 Å². The quantitative estimate of drug-likeness (QED) is 0.408. The van der Waals surface area contributed by atoms with Crippen molar-refractivity contribution in [2.24, 2.45) is 11.1 Å². The number of para-hydroxylation sites is 2. The summed E-state index contributed by atoms with van der Waals surface area (Å²) in [7, 11) is 0. The predicted molar refractivity (Wildman–Crippen MR) is 128 cm³/mol. The van der Waals surface area contributed by atoms with Gasteiger partial charge in [-0.15, -0.1) is 0 Å². The number of furan rings is 1. The summed E-state index contributed by atoms with van der Waals surface area (Å²) in [6, 6.07) is 27.4. The molecule has 1 aromatic heterocycles. The third-order valence-electron chi connectivity index (χ3n) is 6.31. The molecule has 0 saturated carbocycles. The van der Waals surface area contributed by atoms with Gasteiger partial charge >= 0.3 is 0 Å². The van der Waals surface area contributed by atoms with Crippen molar-refractivity contribution in [3.05, 3.63) is 120 Å². The van der Waals surface area contributed by atoms with Crippen LogP contribution in [0, 0.1) is 5.92 Å². The summed E-state index contributed by atoms with van der Waals surface area (Å²) in [5.41, 5.74) is 1.36. The van der Waals surface area contributed by atoms with Gasteiger partial charge in [-0.25, -0.2) is 0 Å². The lowest BCUT2D eigenvalue weighted by atomic mass is 9.75. The number of benzene rings is 3. The average Bonchev–Trinajstić information content (AvgIpc) is 3.63. The van der Waals surface area contributed by atoms with E-state index in [1.807, 2.05) is 60.7 Å². The Morgan fingerprint density at radius 1 is 0.943 bits per heavy atom. The summed E-state index contributed by atoms with van der Waals surface area (Å²) in [5.74, 6) is -1.30. The first-order valence-electron chi connectivity index (χ1n) is 11.2. The summed E-state index contributed by atoms with van der Waals surface area (Å²) < 4.78 is 11.6. The number of Topliss-reactive ketones (excluding diaryl/α,β-unsaturated/α-hetero) is 1. The van der Waals surface area contributed by atoms with Crippen LogP contribution in [0.25, 0.3) is 0 Å². The van der Waals surface area contributed by atoms with E-state index in [1.54, 1.807) is 30.3 Å². The van der Waals surface area contributed by atoms with E-state index in [2.05, 4.69) is 10.5 Å². The Kier molecular flexibility index (Phi) is 4.95. The van der Waals surface area contributed by atoms with Gasteiger partial charge in [0.25, 0.3) is 11.5 Å². The first kappa shape index (κ1) is 20.9. The Balaban J connectivity index is 1.45. The number of nitrogens with one attached hydrogen (secondary N) is 1. The van der Waals surface area contributed by atoms with Crippen molar-refractivity contribution in [1.29, 1.82) is 0 Å². The van der Waals surface area contributed by atoms with Crippen LogP contribution in [-0.2, 0) is 21.8 Å². The van der Waals surface area contributed by atoms with E-state index in [0.717, 1.165) is 5.56 Å². The third kappa shape index (κ3) is 3.32. The maximum Gasteiger partial charge on any atom is 0.277 e. The molecule has 0 aliphatic carbocycles. The van der Waals surface area contributed by atoms with Crippen LogP contribution >= 0.6 is 0 Å². The van der Waals surface area contributed by atoms with Crippen molar-refractivity contribution >= 4 is 23.1 Å². The molecule has 7 heteroatoms. The Morgan fingerprint density at radius 2 is 1.71 bits per heavy atom. The SMILES string of the molecule is O=C(c1ccco1)[C@H]1C(c2ccccc2OCc2ccccc2)=NO[C@@]12C(=O)Nc1ccccc12. The minimum atomic E-state index is -1.65. The van der Waals surface area contributed by atoms with Gasteiger partial charge in [-0.2, -0.15) is 0 Å². The maximum atomic E-state index is 13.8. The van der Waals surface area contributed by atoms with Crippen molar-refractivity contribution in [2.45, 2.75) is 12.2 Å². The summed E-state index contributed by atoms with van der Waals surface area (Å²) in [5, 5.41) is 7.17. The summed E-state index contributed by atoms with van der Waals surface area (Å²) in [6.45, 7) is 0.331. The molecule has 7 nitrogen and oxygen atoms in total. The summed E-state index contributed by atoms with van der Waals surface area (Å²) in [6.07, 6.45) is 1.42. The molecule has 0 bridgehead atoms.